The third-order valence-electron chi connectivity index (χ3n) is 3.61. The highest BCUT2D eigenvalue weighted by Gasteiger charge is 2.26. The van der Waals surface area contributed by atoms with Gasteiger partial charge in [0.2, 0.25) is 5.91 Å². The Hall–Kier alpha value is -2.82. The number of amidine groups is 2. The van der Waals surface area contributed by atoms with Crippen molar-refractivity contribution in [2.75, 3.05) is 11.1 Å². The van der Waals surface area contributed by atoms with Gasteiger partial charge >= 0.3 is 0 Å². The fourth-order valence-electron chi connectivity index (χ4n) is 2.18. The third-order valence-corrected chi connectivity index (χ3v) is 5.75. The molecule has 0 fully saturated rings. The SMILES string of the molecule is Cc1ccc(NC(=O)CSC2=NC(=N)C(=NC(=O)c3cccs3)C(=O)N2)cc1Cl. The number of aryl methyl sites for hydroxylation is 1. The van der Waals surface area contributed by atoms with Crippen molar-refractivity contribution in [3.05, 3.63) is 51.2 Å². The maximum absolute atomic E-state index is 12.2. The molecule has 0 saturated heterocycles. The second-order valence-electron chi connectivity index (χ2n) is 5.76. The highest BCUT2D eigenvalue weighted by Crippen LogP contribution is 2.20. The fraction of sp³-hybridized carbons (Fsp3) is 0.111. The molecule has 0 bridgehead atoms. The van der Waals surface area contributed by atoms with Crippen LogP contribution in [0.1, 0.15) is 15.2 Å². The van der Waals surface area contributed by atoms with E-state index in [1.165, 1.54) is 11.3 Å². The van der Waals surface area contributed by atoms with Crippen molar-refractivity contribution in [3.8, 4) is 0 Å². The van der Waals surface area contributed by atoms with E-state index in [0.717, 1.165) is 17.3 Å². The lowest BCUT2D eigenvalue weighted by molar-refractivity contribution is -0.114. The second-order valence-corrected chi connectivity index (χ2v) is 8.08. The minimum absolute atomic E-state index is 0.0432. The Bertz CT molecular complexity index is 1060. The summed E-state index contributed by atoms with van der Waals surface area (Å²) in [6, 6.07) is 8.42. The van der Waals surface area contributed by atoms with Crippen LogP contribution in [0.25, 0.3) is 0 Å². The minimum atomic E-state index is -0.719. The number of carbonyl (C=O) groups excluding carboxylic acids is 3. The van der Waals surface area contributed by atoms with Crippen molar-refractivity contribution in [1.82, 2.24) is 5.32 Å². The van der Waals surface area contributed by atoms with Crippen LogP contribution >= 0.6 is 34.7 Å². The molecule has 3 rings (SSSR count). The van der Waals surface area contributed by atoms with Crippen LogP contribution in [0.4, 0.5) is 5.69 Å². The van der Waals surface area contributed by atoms with Gasteiger partial charge in [0.25, 0.3) is 11.8 Å². The van der Waals surface area contributed by atoms with Gasteiger partial charge in [0, 0.05) is 10.7 Å². The Morgan fingerprint density at radius 2 is 2.17 bits per heavy atom. The van der Waals surface area contributed by atoms with Gasteiger partial charge < -0.3 is 5.32 Å². The van der Waals surface area contributed by atoms with Gasteiger partial charge in [0.05, 0.1) is 10.6 Å². The zero-order valence-electron chi connectivity index (χ0n) is 15.0. The first kappa shape index (κ1) is 20.9. The lowest BCUT2D eigenvalue weighted by Gasteiger charge is -2.14. The minimum Gasteiger partial charge on any atom is -0.325 e. The molecule has 0 spiro atoms. The maximum Gasteiger partial charge on any atom is 0.287 e. The number of carbonyl (C=O) groups is 3. The lowest BCUT2D eigenvalue weighted by atomic mass is 10.2. The predicted molar refractivity (Wildman–Crippen MR) is 117 cm³/mol. The molecule has 2 aromatic rings. The van der Waals surface area contributed by atoms with Crippen LogP contribution in [-0.2, 0) is 9.59 Å². The van der Waals surface area contributed by atoms with E-state index < -0.39 is 17.6 Å². The zero-order valence-corrected chi connectivity index (χ0v) is 17.4. The molecule has 3 amide bonds. The largest absolute Gasteiger partial charge is 0.325 e. The smallest absolute Gasteiger partial charge is 0.287 e. The highest BCUT2D eigenvalue weighted by molar-refractivity contribution is 8.14. The first-order valence-corrected chi connectivity index (χ1v) is 10.4. The third kappa shape index (κ3) is 5.37. The van der Waals surface area contributed by atoms with Crippen LogP contribution in [0.3, 0.4) is 0 Å². The molecule has 8 nitrogen and oxygen atoms in total. The van der Waals surface area contributed by atoms with E-state index in [1.807, 2.05) is 6.92 Å². The van der Waals surface area contributed by atoms with Crippen LogP contribution in [-0.4, -0.2) is 40.2 Å². The molecule has 0 unspecified atom stereocenters. The van der Waals surface area contributed by atoms with E-state index in [9.17, 15) is 14.4 Å². The topological polar surface area (TPSA) is 124 Å². The average Bonchev–Trinajstić information content (AvgIpc) is 3.21. The second kappa shape index (κ2) is 9.12. The zero-order chi connectivity index (χ0) is 21.0. The van der Waals surface area contributed by atoms with Crippen LogP contribution in [0.2, 0.25) is 5.02 Å². The van der Waals surface area contributed by atoms with Crippen molar-refractivity contribution < 1.29 is 14.4 Å². The van der Waals surface area contributed by atoms with Crippen LogP contribution in [0, 0.1) is 12.3 Å². The molecule has 29 heavy (non-hydrogen) atoms. The van der Waals surface area contributed by atoms with E-state index >= 15 is 0 Å². The number of anilines is 1. The number of amides is 3. The molecule has 3 N–H and O–H groups in total. The number of thioether (sulfide) groups is 1. The summed E-state index contributed by atoms with van der Waals surface area (Å²) in [6.07, 6.45) is 0. The number of nitrogens with zero attached hydrogens (tertiary/aromatic N) is 2. The number of halogens is 1. The summed E-state index contributed by atoms with van der Waals surface area (Å²) in [5, 5.41) is 15.3. The highest BCUT2D eigenvalue weighted by atomic mass is 35.5. The molecule has 0 radical (unpaired) electrons. The summed E-state index contributed by atoms with van der Waals surface area (Å²) in [6.45, 7) is 1.86. The predicted octanol–water partition coefficient (Wildman–Crippen LogP) is 3.13. The van der Waals surface area contributed by atoms with Gasteiger partial charge in [0.15, 0.2) is 16.7 Å². The van der Waals surface area contributed by atoms with Crippen molar-refractivity contribution in [2.24, 2.45) is 9.98 Å². The molecule has 2 heterocycles. The van der Waals surface area contributed by atoms with Crippen LogP contribution in [0.15, 0.2) is 45.7 Å². The molecule has 11 heteroatoms. The van der Waals surface area contributed by atoms with Gasteiger partial charge in [-0.3, -0.25) is 25.1 Å². The molecular formula is C18H14ClN5O3S2. The number of aliphatic imine (C=N–C) groups is 2. The molecule has 0 atom stereocenters. The Kier molecular flexibility index (Phi) is 6.57. The summed E-state index contributed by atoms with van der Waals surface area (Å²) < 4.78 is 0. The standard InChI is InChI=1S/C18H14ClN5O3S2/c1-9-4-5-10(7-11(9)19)21-13(25)8-29-18-23-15(20)14(17(27)24-18)22-16(26)12-3-2-6-28-12/h2-7H,8H2,1H3,(H,21,25)(H2,20,23,24,27). The van der Waals surface area contributed by atoms with E-state index in [2.05, 4.69) is 20.6 Å². The molecular weight excluding hydrogens is 434 g/mol. The van der Waals surface area contributed by atoms with Gasteiger partial charge in [-0.05, 0) is 36.1 Å². The Morgan fingerprint density at radius 1 is 1.38 bits per heavy atom. The number of hydrogen-bond donors (Lipinski definition) is 3. The molecule has 148 valence electrons. The monoisotopic (exact) mass is 447 g/mol. The summed E-state index contributed by atoms with van der Waals surface area (Å²) in [5.74, 6) is -2.14. The van der Waals surface area contributed by atoms with E-state index in [0.29, 0.717) is 15.6 Å². The Balaban J connectivity index is 1.60. The van der Waals surface area contributed by atoms with Gasteiger partial charge in [-0.1, -0.05) is 35.5 Å². The summed E-state index contributed by atoms with van der Waals surface area (Å²) >= 11 is 8.17. The summed E-state index contributed by atoms with van der Waals surface area (Å²) in [7, 11) is 0. The van der Waals surface area contributed by atoms with Crippen molar-refractivity contribution in [3.63, 3.8) is 0 Å². The van der Waals surface area contributed by atoms with E-state index in [4.69, 9.17) is 17.0 Å². The quantitative estimate of drug-likeness (QED) is 0.665. The number of thiophene rings is 1. The fourth-order valence-corrected chi connectivity index (χ4v) is 3.63. The molecule has 0 saturated carbocycles. The van der Waals surface area contributed by atoms with Crippen LogP contribution < -0.4 is 10.6 Å². The van der Waals surface area contributed by atoms with Crippen molar-refractivity contribution in [2.45, 2.75) is 6.92 Å². The van der Waals surface area contributed by atoms with Gasteiger partial charge in [-0.25, -0.2) is 4.99 Å². The summed E-state index contributed by atoms with van der Waals surface area (Å²) in [4.78, 5) is 44.2. The van der Waals surface area contributed by atoms with Crippen LogP contribution in [0.5, 0.6) is 0 Å². The number of rotatable bonds is 4. The van der Waals surface area contributed by atoms with Crippen molar-refractivity contribution in [1.29, 1.82) is 5.41 Å². The van der Waals surface area contributed by atoms with Gasteiger partial charge in [0.1, 0.15) is 0 Å². The van der Waals surface area contributed by atoms with Gasteiger partial charge in [-0.2, -0.15) is 4.99 Å². The van der Waals surface area contributed by atoms with E-state index in [1.54, 1.807) is 35.7 Å². The normalized spacial score (nSPS) is 15.1. The Morgan fingerprint density at radius 3 is 2.83 bits per heavy atom. The maximum atomic E-state index is 12.2. The molecule has 0 aliphatic carbocycles. The number of benzene rings is 1. The summed E-state index contributed by atoms with van der Waals surface area (Å²) in [5.41, 5.74) is 1.08. The first-order chi connectivity index (χ1) is 13.8. The van der Waals surface area contributed by atoms with Crippen molar-refractivity contribution >= 4 is 74.8 Å². The number of nitrogens with one attached hydrogen (secondary N) is 3. The molecule has 1 aromatic carbocycles. The molecule has 1 aliphatic heterocycles. The van der Waals surface area contributed by atoms with E-state index in [-0.39, 0.29) is 22.5 Å². The lowest BCUT2D eigenvalue weighted by Crippen LogP contribution is -2.43. The number of hydrogen-bond acceptors (Lipinski definition) is 6. The average molecular weight is 448 g/mol. The van der Waals surface area contributed by atoms with Gasteiger partial charge in [-0.15, -0.1) is 11.3 Å². The Labute approximate surface area is 179 Å². The molecule has 1 aromatic heterocycles. The first-order valence-electron chi connectivity index (χ1n) is 8.18. The molecule has 1 aliphatic rings.